The maximum absolute atomic E-state index is 12.5. The van der Waals surface area contributed by atoms with Crippen molar-refractivity contribution in [3.8, 4) is 5.75 Å². The van der Waals surface area contributed by atoms with E-state index in [0.29, 0.717) is 5.75 Å². The van der Waals surface area contributed by atoms with Crippen molar-refractivity contribution >= 4 is 17.8 Å². The molecule has 1 aromatic rings. The van der Waals surface area contributed by atoms with Crippen LogP contribution in [0.15, 0.2) is 24.3 Å². The highest BCUT2D eigenvalue weighted by atomic mass is 16.5. The van der Waals surface area contributed by atoms with Gasteiger partial charge in [0.25, 0.3) is 0 Å². The number of hydrogen-bond donors (Lipinski definition) is 2. The van der Waals surface area contributed by atoms with Crippen molar-refractivity contribution in [2.45, 2.75) is 71.3 Å². The van der Waals surface area contributed by atoms with Gasteiger partial charge in [0.1, 0.15) is 11.8 Å². The lowest BCUT2D eigenvalue weighted by Gasteiger charge is -2.35. The van der Waals surface area contributed by atoms with E-state index >= 15 is 0 Å². The number of benzene rings is 1. The third-order valence-electron chi connectivity index (χ3n) is 6.52. The first-order valence-corrected chi connectivity index (χ1v) is 11.6. The lowest BCUT2D eigenvalue weighted by atomic mass is 9.74. The number of carbonyl (C=O) groups is 3. The molecule has 0 saturated carbocycles. The van der Waals surface area contributed by atoms with E-state index in [9.17, 15) is 19.5 Å². The van der Waals surface area contributed by atoms with Crippen LogP contribution < -0.4 is 10.1 Å². The molecule has 1 fully saturated rings. The van der Waals surface area contributed by atoms with Crippen LogP contribution in [-0.4, -0.2) is 54.0 Å². The second-order valence-electron chi connectivity index (χ2n) is 9.50. The second-order valence-corrected chi connectivity index (χ2v) is 9.50. The first-order chi connectivity index (χ1) is 15.1. The number of hydrogen-bond acceptors (Lipinski definition) is 5. The lowest BCUT2D eigenvalue weighted by Crippen LogP contribution is -2.46. The van der Waals surface area contributed by atoms with Crippen LogP contribution in [-0.2, 0) is 19.8 Å². The van der Waals surface area contributed by atoms with Crippen molar-refractivity contribution in [3.63, 3.8) is 0 Å². The number of carboxylic acid groups (broad SMARTS) is 1. The summed E-state index contributed by atoms with van der Waals surface area (Å²) in [4.78, 5) is 38.5. The Labute approximate surface area is 191 Å². The summed E-state index contributed by atoms with van der Waals surface area (Å²) in [5.74, 6) is -2.54. The van der Waals surface area contributed by atoms with Gasteiger partial charge in [0.2, 0.25) is 5.91 Å². The number of likely N-dealkylation sites (tertiary alicyclic amines) is 1. The summed E-state index contributed by atoms with van der Waals surface area (Å²) in [6.45, 7) is 9.31. The first kappa shape index (κ1) is 25.8. The van der Waals surface area contributed by atoms with Crippen molar-refractivity contribution in [3.05, 3.63) is 29.8 Å². The highest BCUT2D eigenvalue weighted by Crippen LogP contribution is 2.37. The number of nitrogens with zero attached hydrogens (tertiary/aromatic N) is 1. The van der Waals surface area contributed by atoms with Gasteiger partial charge < -0.3 is 20.1 Å². The second kappa shape index (κ2) is 11.5. The van der Waals surface area contributed by atoms with Crippen molar-refractivity contribution in [2.75, 3.05) is 20.1 Å². The Morgan fingerprint density at radius 1 is 1.22 bits per heavy atom. The van der Waals surface area contributed by atoms with E-state index in [1.165, 1.54) is 18.4 Å². The van der Waals surface area contributed by atoms with E-state index in [1.54, 1.807) is 26.8 Å². The maximum Gasteiger partial charge on any atom is 0.326 e. The van der Waals surface area contributed by atoms with Crippen molar-refractivity contribution in [1.82, 2.24) is 10.2 Å². The fourth-order valence-electron chi connectivity index (χ4n) is 4.46. The van der Waals surface area contributed by atoms with Crippen LogP contribution in [0.5, 0.6) is 5.75 Å². The van der Waals surface area contributed by atoms with Gasteiger partial charge in [-0.05, 0) is 56.5 Å². The molecular formula is C25H38N2O5. The fourth-order valence-corrected chi connectivity index (χ4v) is 4.46. The van der Waals surface area contributed by atoms with Gasteiger partial charge in [-0.25, -0.2) is 4.79 Å². The Kier molecular flexibility index (Phi) is 9.25. The topological polar surface area (TPSA) is 95.9 Å². The van der Waals surface area contributed by atoms with Gasteiger partial charge in [0.15, 0.2) is 0 Å². The molecule has 32 heavy (non-hydrogen) atoms. The predicted molar refractivity (Wildman–Crippen MR) is 124 cm³/mol. The number of aliphatic carboxylic acids is 1. The van der Waals surface area contributed by atoms with Gasteiger partial charge in [-0.1, -0.05) is 46.2 Å². The predicted octanol–water partition coefficient (Wildman–Crippen LogP) is 3.61. The molecule has 2 unspecified atom stereocenters. The first-order valence-electron chi connectivity index (χ1n) is 11.6. The average Bonchev–Trinajstić information content (AvgIpc) is 2.93. The van der Waals surface area contributed by atoms with E-state index in [0.717, 1.165) is 25.9 Å². The number of likely N-dealkylation sites (N-methyl/N-ethyl adjacent to an activating group) is 1. The molecule has 7 nitrogen and oxygen atoms in total. The number of esters is 1. The van der Waals surface area contributed by atoms with Crippen LogP contribution in [0.1, 0.15) is 65.4 Å². The maximum atomic E-state index is 12.5. The molecule has 2 N–H and O–H groups in total. The van der Waals surface area contributed by atoms with Crippen LogP contribution in [0.4, 0.5) is 0 Å². The Hall–Kier alpha value is -2.41. The van der Waals surface area contributed by atoms with E-state index in [2.05, 4.69) is 30.3 Å². The summed E-state index contributed by atoms with van der Waals surface area (Å²) in [6, 6.07) is 6.74. The van der Waals surface area contributed by atoms with E-state index in [4.69, 9.17) is 4.74 Å². The molecule has 1 aliphatic rings. The number of carboxylic acids is 1. The molecule has 7 heteroatoms. The minimum absolute atomic E-state index is 0.0313. The van der Waals surface area contributed by atoms with E-state index in [-0.39, 0.29) is 17.8 Å². The van der Waals surface area contributed by atoms with Crippen LogP contribution in [0.2, 0.25) is 0 Å². The summed E-state index contributed by atoms with van der Waals surface area (Å²) in [6.07, 6.45) is 4.34. The minimum atomic E-state index is -1.09. The Bertz CT molecular complexity index is 809. The summed E-state index contributed by atoms with van der Waals surface area (Å²) in [5, 5.41) is 11.8. The SMILES string of the molecule is CCC1(c2cccc(OC(=O)C[C@@H](C)C(=O)NC(C(=O)O)C(C)C)c2)CCCCN(C)C1. The van der Waals surface area contributed by atoms with Crippen LogP contribution in [0, 0.1) is 11.8 Å². The van der Waals surface area contributed by atoms with Crippen molar-refractivity contribution in [1.29, 1.82) is 0 Å². The molecule has 1 heterocycles. The lowest BCUT2D eigenvalue weighted by molar-refractivity contribution is -0.144. The average molecular weight is 447 g/mol. The van der Waals surface area contributed by atoms with Gasteiger partial charge in [0, 0.05) is 17.9 Å². The third kappa shape index (κ3) is 6.79. The minimum Gasteiger partial charge on any atom is -0.480 e. The molecule has 178 valence electrons. The van der Waals surface area contributed by atoms with Gasteiger partial charge in [0.05, 0.1) is 6.42 Å². The molecular weight excluding hydrogens is 408 g/mol. The zero-order valence-corrected chi connectivity index (χ0v) is 20.0. The number of ether oxygens (including phenoxy) is 1. The molecule has 1 saturated heterocycles. The van der Waals surface area contributed by atoms with E-state index in [1.807, 2.05) is 12.1 Å². The molecule has 0 spiro atoms. The summed E-state index contributed by atoms with van der Waals surface area (Å²) in [5.41, 5.74) is 1.20. The molecule has 2 rings (SSSR count). The van der Waals surface area contributed by atoms with Gasteiger partial charge in [-0.3, -0.25) is 9.59 Å². The number of carbonyl (C=O) groups excluding carboxylic acids is 2. The Morgan fingerprint density at radius 3 is 2.56 bits per heavy atom. The molecule has 1 amide bonds. The molecule has 3 atom stereocenters. The zero-order valence-electron chi connectivity index (χ0n) is 20.0. The normalized spacial score (nSPS) is 21.4. The summed E-state index contributed by atoms with van der Waals surface area (Å²) >= 11 is 0. The largest absolute Gasteiger partial charge is 0.480 e. The zero-order chi connectivity index (χ0) is 23.9. The van der Waals surface area contributed by atoms with Crippen LogP contribution >= 0.6 is 0 Å². The van der Waals surface area contributed by atoms with Gasteiger partial charge in [-0.2, -0.15) is 0 Å². The number of nitrogens with one attached hydrogen (secondary N) is 1. The quantitative estimate of drug-likeness (QED) is 0.444. The molecule has 0 radical (unpaired) electrons. The monoisotopic (exact) mass is 446 g/mol. The summed E-state index contributed by atoms with van der Waals surface area (Å²) in [7, 11) is 2.15. The third-order valence-corrected chi connectivity index (χ3v) is 6.52. The number of rotatable bonds is 9. The Morgan fingerprint density at radius 2 is 1.94 bits per heavy atom. The van der Waals surface area contributed by atoms with Crippen LogP contribution in [0.25, 0.3) is 0 Å². The van der Waals surface area contributed by atoms with E-state index < -0.39 is 29.8 Å². The Balaban J connectivity index is 2.04. The molecule has 0 aromatic heterocycles. The molecule has 1 aromatic carbocycles. The van der Waals surface area contributed by atoms with Crippen LogP contribution in [0.3, 0.4) is 0 Å². The smallest absolute Gasteiger partial charge is 0.326 e. The molecule has 1 aliphatic heterocycles. The standard InChI is InChI=1S/C25H38N2O5/c1-6-25(12-7-8-13-27(5)16-25)19-10-9-11-20(15-19)32-21(28)14-18(4)23(29)26-22(17(2)3)24(30)31/h9-11,15,17-18,22H,6-8,12-14,16H2,1-5H3,(H,26,29)(H,30,31)/t18-,22?,25?/m1/s1. The van der Waals surface area contributed by atoms with Crippen molar-refractivity contribution in [2.24, 2.45) is 11.8 Å². The fraction of sp³-hybridized carbons (Fsp3) is 0.640. The molecule has 0 aliphatic carbocycles. The van der Waals surface area contributed by atoms with Gasteiger partial charge >= 0.3 is 11.9 Å². The highest BCUT2D eigenvalue weighted by molar-refractivity contribution is 5.87. The van der Waals surface area contributed by atoms with Crippen molar-refractivity contribution < 1.29 is 24.2 Å². The summed E-state index contributed by atoms with van der Waals surface area (Å²) < 4.78 is 5.57. The highest BCUT2D eigenvalue weighted by Gasteiger charge is 2.33. The van der Waals surface area contributed by atoms with Gasteiger partial charge in [-0.15, -0.1) is 0 Å². The molecule has 0 bridgehead atoms. The number of amides is 1.